The molecule has 4 rings (SSSR count). The van der Waals surface area contributed by atoms with Gasteiger partial charge in [-0.25, -0.2) is 9.97 Å². The number of carbonyl (C=O) groups is 1. The monoisotopic (exact) mass is 380 g/mol. The maximum Gasteiger partial charge on any atom is 0.257 e. The number of rotatable bonds is 6. The number of fused-ring (bicyclic) bond motifs is 1. The summed E-state index contributed by atoms with van der Waals surface area (Å²) in [6.07, 6.45) is 5.22. The van der Waals surface area contributed by atoms with E-state index >= 15 is 0 Å². The second kappa shape index (κ2) is 7.36. The molecule has 0 saturated carbocycles. The summed E-state index contributed by atoms with van der Waals surface area (Å²) in [5, 5.41) is 3.40. The van der Waals surface area contributed by atoms with E-state index in [1.54, 1.807) is 12.5 Å². The molecule has 27 heavy (non-hydrogen) atoms. The van der Waals surface area contributed by atoms with Crippen molar-refractivity contribution in [1.29, 1.82) is 0 Å². The zero-order chi connectivity index (χ0) is 18.8. The summed E-state index contributed by atoms with van der Waals surface area (Å²) in [7, 11) is 0. The van der Waals surface area contributed by atoms with Crippen molar-refractivity contribution in [2.24, 2.45) is 0 Å². The molecule has 0 aliphatic rings. The lowest BCUT2D eigenvalue weighted by Gasteiger charge is -2.06. The van der Waals surface area contributed by atoms with E-state index in [1.165, 1.54) is 11.3 Å². The average Bonchev–Trinajstić information content (AvgIpc) is 3.41. The topological polar surface area (TPSA) is 73.0 Å². The molecule has 0 saturated heterocycles. The number of furan rings is 1. The Hall–Kier alpha value is -2.93. The highest BCUT2D eigenvalue weighted by Crippen LogP contribution is 2.29. The first-order valence-electron chi connectivity index (χ1n) is 8.99. The van der Waals surface area contributed by atoms with Gasteiger partial charge in [-0.3, -0.25) is 10.1 Å². The molecule has 0 unspecified atom stereocenters. The summed E-state index contributed by atoms with van der Waals surface area (Å²) in [6, 6.07) is 9.35. The first kappa shape index (κ1) is 17.5. The third kappa shape index (κ3) is 3.38. The van der Waals surface area contributed by atoms with Crippen molar-refractivity contribution in [3.8, 4) is 10.6 Å². The van der Waals surface area contributed by atoms with Gasteiger partial charge in [0.1, 0.15) is 11.6 Å². The minimum Gasteiger partial charge on any atom is -0.463 e. The first-order chi connectivity index (χ1) is 13.2. The Kier molecular flexibility index (Phi) is 4.77. The van der Waals surface area contributed by atoms with Crippen LogP contribution in [0.5, 0.6) is 0 Å². The van der Waals surface area contributed by atoms with E-state index in [-0.39, 0.29) is 5.91 Å². The number of anilines is 1. The fourth-order valence-corrected chi connectivity index (χ4v) is 3.88. The minimum absolute atomic E-state index is 0.194. The predicted octanol–water partition coefficient (Wildman–Crippen LogP) is 4.98. The van der Waals surface area contributed by atoms with Gasteiger partial charge in [0.05, 0.1) is 28.4 Å². The summed E-state index contributed by atoms with van der Waals surface area (Å²) in [5.74, 6) is 1.59. The molecule has 0 radical (unpaired) electrons. The molecule has 4 aromatic rings. The summed E-state index contributed by atoms with van der Waals surface area (Å²) in [4.78, 5) is 22.5. The number of hydrogen-bond acceptors (Lipinski definition) is 5. The van der Waals surface area contributed by atoms with Gasteiger partial charge in [0.2, 0.25) is 0 Å². The molecule has 3 aromatic heterocycles. The van der Waals surface area contributed by atoms with E-state index in [1.807, 2.05) is 30.3 Å². The van der Waals surface area contributed by atoms with Gasteiger partial charge in [-0.15, -0.1) is 0 Å². The van der Waals surface area contributed by atoms with Crippen LogP contribution in [0.15, 0.2) is 47.2 Å². The van der Waals surface area contributed by atoms with Crippen molar-refractivity contribution in [2.75, 3.05) is 5.32 Å². The number of aryl methyl sites for hydroxylation is 2. The van der Waals surface area contributed by atoms with Crippen LogP contribution in [0.2, 0.25) is 0 Å². The van der Waals surface area contributed by atoms with E-state index in [0.29, 0.717) is 10.7 Å². The van der Waals surface area contributed by atoms with Gasteiger partial charge in [0, 0.05) is 18.5 Å². The van der Waals surface area contributed by atoms with Crippen LogP contribution in [0.25, 0.3) is 21.7 Å². The molecule has 1 aromatic carbocycles. The lowest BCUT2D eigenvalue weighted by atomic mass is 10.2. The average molecular weight is 380 g/mol. The highest BCUT2D eigenvalue weighted by atomic mass is 32.1. The van der Waals surface area contributed by atoms with Crippen molar-refractivity contribution < 1.29 is 9.21 Å². The van der Waals surface area contributed by atoms with Gasteiger partial charge in [-0.1, -0.05) is 25.2 Å². The highest BCUT2D eigenvalue weighted by molar-refractivity contribution is 7.19. The van der Waals surface area contributed by atoms with Gasteiger partial charge < -0.3 is 8.98 Å². The Bertz CT molecular complexity index is 1080. The number of aromatic nitrogens is 3. The van der Waals surface area contributed by atoms with Gasteiger partial charge in [-0.2, -0.15) is 0 Å². The molecule has 0 spiro atoms. The molecule has 6 nitrogen and oxygen atoms in total. The predicted molar refractivity (Wildman–Crippen MR) is 107 cm³/mol. The summed E-state index contributed by atoms with van der Waals surface area (Å²) >= 11 is 1.38. The lowest BCUT2D eigenvalue weighted by molar-refractivity contribution is 0.102. The number of nitrogens with zero attached hydrogens (tertiary/aromatic N) is 3. The zero-order valence-electron chi connectivity index (χ0n) is 15.2. The molecule has 7 heteroatoms. The smallest absolute Gasteiger partial charge is 0.257 e. The second-order valence-corrected chi connectivity index (χ2v) is 7.23. The number of hydrogen-bond donors (Lipinski definition) is 1. The van der Waals surface area contributed by atoms with E-state index in [9.17, 15) is 4.79 Å². The zero-order valence-corrected chi connectivity index (χ0v) is 16.0. The van der Waals surface area contributed by atoms with Gasteiger partial charge >= 0.3 is 0 Å². The summed E-state index contributed by atoms with van der Waals surface area (Å²) in [5.41, 5.74) is 2.49. The maximum absolute atomic E-state index is 12.6. The van der Waals surface area contributed by atoms with Crippen LogP contribution in [-0.4, -0.2) is 20.4 Å². The molecule has 0 bridgehead atoms. The molecular weight excluding hydrogens is 360 g/mol. The fourth-order valence-electron chi connectivity index (χ4n) is 3.10. The Balaban J connectivity index is 1.57. The third-order valence-corrected chi connectivity index (χ3v) is 5.27. The molecule has 0 fully saturated rings. The number of imidazole rings is 1. The van der Waals surface area contributed by atoms with Gasteiger partial charge in [0.15, 0.2) is 5.13 Å². The molecular formula is C20H20N4O2S. The van der Waals surface area contributed by atoms with E-state index in [2.05, 4.69) is 28.7 Å². The van der Waals surface area contributed by atoms with Crippen LogP contribution >= 0.6 is 11.3 Å². The second-order valence-electron chi connectivity index (χ2n) is 6.20. The summed E-state index contributed by atoms with van der Waals surface area (Å²) < 4.78 is 7.59. The van der Waals surface area contributed by atoms with Crippen molar-refractivity contribution in [1.82, 2.24) is 14.5 Å². The van der Waals surface area contributed by atoms with Gasteiger partial charge in [-0.05, 0) is 36.8 Å². The van der Waals surface area contributed by atoms with Crippen LogP contribution in [0.4, 0.5) is 5.13 Å². The van der Waals surface area contributed by atoms with E-state index in [4.69, 9.17) is 9.40 Å². The van der Waals surface area contributed by atoms with Gasteiger partial charge in [0.25, 0.3) is 5.91 Å². The Labute approximate surface area is 160 Å². The van der Waals surface area contributed by atoms with Crippen molar-refractivity contribution in [3.05, 3.63) is 54.2 Å². The molecule has 0 atom stereocenters. The fraction of sp³-hybridized carbons (Fsp3) is 0.250. The Morgan fingerprint density at radius 1 is 1.30 bits per heavy atom. The Morgan fingerprint density at radius 2 is 2.19 bits per heavy atom. The van der Waals surface area contributed by atoms with E-state index in [0.717, 1.165) is 46.9 Å². The number of amides is 1. The van der Waals surface area contributed by atoms with Crippen LogP contribution in [0, 0.1) is 0 Å². The largest absolute Gasteiger partial charge is 0.463 e. The first-order valence-corrected chi connectivity index (χ1v) is 9.81. The van der Waals surface area contributed by atoms with Crippen LogP contribution < -0.4 is 5.32 Å². The van der Waals surface area contributed by atoms with Crippen LogP contribution in [0.1, 0.15) is 36.5 Å². The SMILES string of the molecule is CCCn1c(CC)nc2cc(C(=O)Nc3ncc(-c4ccco4)s3)ccc21. The quantitative estimate of drug-likeness (QED) is 0.512. The molecule has 1 N–H and O–H groups in total. The molecule has 0 aliphatic heterocycles. The third-order valence-electron chi connectivity index (χ3n) is 4.34. The van der Waals surface area contributed by atoms with Crippen LogP contribution in [0.3, 0.4) is 0 Å². The highest BCUT2D eigenvalue weighted by Gasteiger charge is 2.14. The van der Waals surface area contributed by atoms with Crippen molar-refractivity contribution in [3.63, 3.8) is 0 Å². The number of thiazole rings is 1. The minimum atomic E-state index is -0.194. The number of benzene rings is 1. The standard InChI is InChI=1S/C20H20N4O2S/c1-3-9-24-15-8-7-13(11-14(15)22-18(24)4-2)19(25)23-20-21-12-17(27-20)16-6-5-10-26-16/h5-8,10-12H,3-4,9H2,1-2H3,(H,21,23,25). The molecule has 3 heterocycles. The maximum atomic E-state index is 12.6. The number of carbonyl (C=O) groups excluding carboxylic acids is 1. The molecule has 1 amide bonds. The Morgan fingerprint density at radius 3 is 2.93 bits per heavy atom. The van der Waals surface area contributed by atoms with Crippen molar-refractivity contribution in [2.45, 2.75) is 33.2 Å². The van der Waals surface area contributed by atoms with Crippen LogP contribution in [-0.2, 0) is 13.0 Å². The van der Waals surface area contributed by atoms with Crippen molar-refractivity contribution >= 4 is 33.4 Å². The lowest BCUT2D eigenvalue weighted by Crippen LogP contribution is -2.11. The number of nitrogens with one attached hydrogen (secondary N) is 1. The van der Waals surface area contributed by atoms with E-state index < -0.39 is 0 Å². The molecule has 0 aliphatic carbocycles. The summed E-state index contributed by atoms with van der Waals surface area (Å²) in [6.45, 7) is 5.18. The normalized spacial score (nSPS) is 11.2. The molecule has 138 valence electrons.